The fraction of sp³-hybridized carbons (Fsp3) is 0.385. The van der Waals surface area contributed by atoms with Crippen molar-refractivity contribution < 1.29 is 4.42 Å². The molecule has 1 unspecified atom stereocenters. The van der Waals surface area contributed by atoms with Gasteiger partial charge in [0.05, 0.1) is 18.8 Å². The van der Waals surface area contributed by atoms with E-state index in [1.165, 1.54) is 4.88 Å². The first-order valence-electron chi connectivity index (χ1n) is 5.83. The summed E-state index contributed by atoms with van der Waals surface area (Å²) in [6, 6.07) is 8.14. The highest BCUT2D eigenvalue weighted by atomic mass is 32.1. The summed E-state index contributed by atoms with van der Waals surface area (Å²) in [5, 5.41) is 2.07. The highest BCUT2D eigenvalue weighted by molar-refractivity contribution is 7.10. The molecule has 0 bridgehead atoms. The number of furan rings is 1. The van der Waals surface area contributed by atoms with Crippen LogP contribution in [0.2, 0.25) is 0 Å². The molecular formula is C13H18N2OS. The molecule has 0 aliphatic carbocycles. The molecule has 2 rings (SSSR count). The van der Waals surface area contributed by atoms with Crippen molar-refractivity contribution >= 4 is 11.3 Å². The predicted octanol–water partition coefficient (Wildman–Crippen LogP) is 2.86. The third-order valence-corrected chi connectivity index (χ3v) is 3.77. The lowest BCUT2D eigenvalue weighted by Gasteiger charge is -2.22. The van der Waals surface area contributed by atoms with Crippen LogP contribution in [0.25, 0.3) is 0 Å². The second-order valence-electron chi connectivity index (χ2n) is 4.03. The molecule has 2 aromatic heterocycles. The highest BCUT2D eigenvalue weighted by Crippen LogP contribution is 2.18. The lowest BCUT2D eigenvalue weighted by atomic mass is 10.2. The summed E-state index contributed by atoms with van der Waals surface area (Å²) >= 11 is 1.72. The number of hydrogen-bond donors (Lipinski definition) is 1. The summed E-state index contributed by atoms with van der Waals surface area (Å²) < 4.78 is 5.36. The van der Waals surface area contributed by atoms with Crippen LogP contribution in [0.5, 0.6) is 0 Å². The van der Waals surface area contributed by atoms with Crippen molar-refractivity contribution in [3.63, 3.8) is 0 Å². The van der Waals surface area contributed by atoms with Gasteiger partial charge in [0.2, 0.25) is 0 Å². The third-order valence-electron chi connectivity index (χ3n) is 2.77. The molecule has 92 valence electrons. The van der Waals surface area contributed by atoms with E-state index in [0.29, 0.717) is 0 Å². The van der Waals surface area contributed by atoms with Gasteiger partial charge >= 0.3 is 0 Å². The maximum Gasteiger partial charge on any atom is 0.117 e. The van der Waals surface area contributed by atoms with Gasteiger partial charge in [-0.2, -0.15) is 0 Å². The fourth-order valence-electron chi connectivity index (χ4n) is 1.80. The van der Waals surface area contributed by atoms with E-state index >= 15 is 0 Å². The van der Waals surface area contributed by atoms with E-state index in [9.17, 15) is 0 Å². The van der Waals surface area contributed by atoms with Crippen molar-refractivity contribution in [2.24, 2.45) is 5.73 Å². The van der Waals surface area contributed by atoms with Gasteiger partial charge in [-0.1, -0.05) is 13.0 Å². The van der Waals surface area contributed by atoms with E-state index < -0.39 is 0 Å². The molecule has 0 amide bonds. The molecule has 0 fully saturated rings. The zero-order chi connectivity index (χ0) is 12.1. The molecule has 0 aliphatic heterocycles. The Morgan fingerprint density at radius 2 is 2.29 bits per heavy atom. The molecule has 2 heterocycles. The number of nitrogens with two attached hydrogens (primary N) is 1. The smallest absolute Gasteiger partial charge is 0.117 e. The van der Waals surface area contributed by atoms with Crippen LogP contribution in [0.4, 0.5) is 0 Å². The van der Waals surface area contributed by atoms with Crippen molar-refractivity contribution in [3.05, 3.63) is 46.5 Å². The molecule has 0 aromatic carbocycles. The normalized spacial score (nSPS) is 13.1. The lowest BCUT2D eigenvalue weighted by Crippen LogP contribution is -2.31. The van der Waals surface area contributed by atoms with E-state index in [0.717, 1.165) is 25.4 Å². The van der Waals surface area contributed by atoms with Gasteiger partial charge in [0.1, 0.15) is 5.76 Å². The van der Waals surface area contributed by atoms with Crippen molar-refractivity contribution in [3.8, 4) is 0 Å². The highest BCUT2D eigenvalue weighted by Gasteiger charge is 2.13. The summed E-state index contributed by atoms with van der Waals surface area (Å²) in [6.45, 7) is 4.80. The Kier molecular flexibility index (Phi) is 4.36. The SMILES string of the molecule is CCN(Cc1ccco1)CC(N)c1cccs1. The van der Waals surface area contributed by atoms with E-state index in [4.69, 9.17) is 10.2 Å². The van der Waals surface area contributed by atoms with Gasteiger partial charge in [-0.25, -0.2) is 0 Å². The van der Waals surface area contributed by atoms with Gasteiger partial charge in [-0.3, -0.25) is 4.90 Å². The minimum atomic E-state index is 0.0879. The van der Waals surface area contributed by atoms with Crippen molar-refractivity contribution in [2.45, 2.75) is 19.5 Å². The van der Waals surface area contributed by atoms with Crippen LogP contribution in [0.1, 0.15) is 23.6 Å². The number of rotatable bonds is 6. The summed E-state index contributed by atoms with van der Waals surface area (Å²) in [4.78, 5) is 3.53. The zero-order valence-electron chi connectivity index (χ0n) is 10.0. The van der Waals surface area contributed by atoms with Crippen LogP contribution >= 0.6 is 11.3 Å². The number of likely N-dealkylation sites (N-methyl/N-ethyl adjacent to an activating group) is 1. The second kappa shape index (κ2) is 6.00. The summed E-state index contributed by atoms with van der Waals surface area (Å²) in [7, 11) is 0. The summed E-state index contributed by atoms with van der Waals surface area (Å²) in [6.07, 6.45) is 1.71. The van der Waals surface area contributed by atoms with Crippen molar-refractivity contribution in [1.82, 2.24) is 4.90 Å². The molecule has 0 saturated carbocycles. The van der Waals surface area contributed by atoms with E-state index in [1.54, 1.807) is 17.6 Å². The average molecular weight is 250 g/mol. The Bertz CT molecular complexity index is 411. The Hall–Kier alpha value is -1.10. The third kappa shape index (κ3) is 3.43. The summed E-state index contributed by atoms with van der Waals surface area (Å²) in [5.41, 5.74) is 6.18. The van der Waals surface area contributed by atoms with Gasteiger partial charge < -0.3 is 10.2 Å². The predicted molar refractivity (Wildman–Crippen MR) is 70.9 cm³/mol. The summed E-state index contributed by atoms with van der Waals surface area (Å²) in [5.74, 6) is 0.991. The van der Waals surface area contributed by atoms with E-state index in [1.807, 2.05) is 18.2 Å². The van der Waals surface area contributed by atoms with Crippen LogP contribution < -0.4 is 5.73 Å². The minimum Gasteiger partial charge on any atom is -0.468 e. The Morgan fingerprint density at radius 1 is 1.41 bits per heavy atom. The fourth-order valence-corrected chi connectivity index (χ4v) is 2.52. The molecule has 17 heavy (non-hydrogen) atoms. The molecule has 3 nitrogen and oxygen atoms in total. The van der Waals surface area contributed by atoms with Gasteiger partial charge in [-0.15, -0.1) is 11.3 Å². The van der Waals surface area contributed by atoms with Crippen LogP contribution in [-0.2, 0) is 6.54 Å². The van der Waals surface area contributed by atoms with Crippen LogP contribution in [0, 0.1) is 0 Å². The van der Waals surface area contributed by atoms with Crippen LogP contribution in [-0.4, -0.2) is 18.0 Å². The van der Waals surface area contributed by atoms with E-state index in [2.05, 4.69) is 23.3 Å². The molecule has 1 atom stereocenters. The van der Waals surface area contributed by atoms with Crippen LogP contribution in [0.3, 0.4) is 0 Å². The molecule has 0 spiro atoms. The van der Waals surface area contributed by atoms with Gasteiger partial charge in [0.25, 0.3) is 0 Å². The molecule has 0 saturated heterocycles. The van der Waals surface area contributed by atoms with Crippen molar-refractivity contribution in [2.75, 3.05) is 13.1 Å². The zero-order valence-corrected chi connectivity index (χ0v) is 10.8. The molecule has 0 radical (unpaired) electrons. The number of nitrogens with zero attached hydrogens (tertiary/aromatic N) is 1. The molecule has 4 heteroatoms. The maximum absolute atomic E-state index is 6.18. The van der Waals surface area contributed by atoms with Crippen LogP contribution in [0.15, 0.2) is 40.3 Å². The number of thiophene rings is 1. The number of hydrogen-bond acceptors (Lipinski definition) is 4. The Morgan fingerprint density at radius 3 is 2.88 bits per heavy atom. The van der Waals surface area contributed by atoms with E-state index in [-0.39, 0.29) is 6.04 Å². The first-order valence-corrected chi connectivity index (χ1v) is 6.71. The standard InChI is InChI=1S/C13H18N2OS/c1-2-15(9-11-5-3-7-16-11)10-12(14)13-6-4-8-17-13/h3-8,12H,2,9-10,14H2,1H3. The second-order valence-corrected chi connectivity index (χ2v) is 5.01. The lowest BCUT2D eigenvalue weighted by molar-refractivity contribution is 0.242. The first kappa shape index (κ1) is 12.4. The Labute approximate surface area is 106 Å². The molecule has 0 aliphatic rings. The largest absolute Gasteiger partial charge is 0.468 e. The molecular weight excluding hydrogens is 232 g/mol. The monoisotopic (exact) mass is 250 g/mol. The Balaban J connectivity index is 1.91. The molecule has 2 N–H and O–H groups in total. The topological polar surface area (TPSA) is 42.4 Å². The molecule has 2 aromatic rings. The van der Waals surface area contributed by atoms with Crippen molar-refractivity contribution in [1.29, 1.82) is 0 Å². The first-order chi connectivity index (χ1) is 8.29. The average Bonchev–Trinajstić information content (AvgIpc) is 3.00. The van der Waals surface area contributed by atoms with Gasteiger partial charge in [0, 0.05) is 11.4 Å². The quantitative estimate of drug-likeness (QED) is 0.857. The minimum absolute atomic E-state index is 0.0879. The maximum atomic E-state index is 6.18. The van der Waals surface area contributed by atoms with Gasteiger partial charge in [0.15, 0.2) is 0 Å². The van der Waals surface area contributed by atoms with Gasteiger partial charge in [-0.05, 0) is 30.1 Å².